The monoisotopic (exact) mass is 1940 g/mol. The van der Waals surface area contributed by atoms with Crippen molar-refractivity contribution >= 4 is 325 Å². The van der Waals surface area contributed by atoms with Crippen LogP contribution in [0.15, 0.2) is 438 Å². The Kier molecular flexibility index (Phi) is 19.6. The maximum Gasteiger partial charge on any atom is 0.145 e. The van der Waals surface area contributed by atoms with Gasteiger partial charge in [0.15, 0.2) is 0 Å². The van der Waals surface area contributed by atoms with Crippen molar-refractivity contribution in [2.45, 2.75) is 0 Å². The van der Waals surface area contributed by atoms with Crippen LogP contribution in [0.2, 0.25) is 0 Å². The quantitative estimate of drug-likeness (QED) is 0.164. The summed E-state index contributed by atoms with van der Waals surface area (Å²) in [5.74, 6) is 0. The summed E-state index contributed by atoms with van der Waals surface area (Å²) in [7, 11) is 17.1. The fourth-order valence-corrected chi connectivity index (χ4v) is 26.7. The third-order valence-corrected chi connectivity index (χ3v) is 33.8. The van der Waals surface area contributed by atoms with E-state index in [1.807, 2.05) is 59.1 Å². The van der Waals surface area contributed by atoms with Gasteiger partial charge in [0.25, 0.3) is 0 Å². The largest absolute Gasteiger partial charge is 0.456 e. The molecule has 0 saturated heterocycles. The van der Waals surface area contributed by atoms with Gasteiger partial charge in [-0.1, -0.05) is 255 Å². The first-order valence-electron chi connectivity index (χ1n) is 50.4. The lowest BCUT2D eigenvalue weighted by molar-refractivity contribution is 0.669. The molecule has 35 rings (SSSR count). The molecule has 0 spiro atoms. The van der Waals surface area contributed by atoms with Crippen LogP contribution >= 0.6 is 22.7 Å². The van der Waals surface area contributed by atoms with Crippen molar-refractivity contribution < 1.29 is 13.3 Å². The van der Waals surface area contributed by atoms with Crippen LogP contribution in [0, 0.1) is 0 Å². The first-order valence-corrected chi connectivity index (χ1v) is 52.0. The summed E-state index contributed by atoms with van der Waals surface area (Å²) < 4.78 is 41.9. The average Bonchev–Trinajstić information content (AvgIpc) is 1.56. The molecular weight excluding hydrogens is 1850 g/mol. The smallest absolute Gasteiger partial charge is 0.145 e. The minimum atomic E-state index is 0.951. The van der Waals surface area contributed by atoms with Gasteiger partial charge in [0.2, 0.25) is 0 Å². The molecule has 14 aromatic heterocycles. The van der Waals surface area contributed by atoms with Crippen LogP contribution in [-0.4, -0.2) is 41.5 Å². The Labute approximate surface area is 854 Å². The summed E-state index contributed by atoms with van der Waals surface area (Å²) in [6.07, 6.45) is 0. The van der Waals surface area contributed by atoms with Gasteiger partial charge >= 0.3 is 0 Å². The van der Waals surface area contributed by atoms with Gasteiger partial charge in [-0.15, -0.1) is 22.7 Å². The lowest BCUT2D eigenvalue weighted by Gasteiger charge is -2.00. The molecule has 0 aliphatic heterocycles. The fourth-order valence-electron chi connectivity index (χ4n) is 24.4. The number of aryl methyl sites for hydroxylation is 8. The Hall–Kier alpha value is -18.3. The van der Waals surface area contributed by atoms with Crippen LogP contribution < -0.4 is 0 Å². The van der Waals surface area contributed by atoms with Gasteiger partial charge < -0.3 is 54.8 Å². The predicted molar refractivity (Wildman–Crippen MR) is 634 cm³/mol. The summed E-state index contributed by atoms with van der Waals surface area (Å²) >= 11 is 3.77. The molecule has 0 amide bonds. The first-order chi connectivity index (χ1) is 72.8. The number of hydrogen-bond acceptors (Lipinski definition) is 5. The molecule has 0 bridgehead atoms. The van der Waals surface area contributed by atoms with Crippen LogP contribution in [0.1, 0.15) is 0 Å². The number of benzene rings is 21. The zero-order valence-corrected chi connectivity index (χ0v) is 84.2. The van der Waals surface area contributed by atoms with Crippen molar-refractivity contribution in [3.8, 4) is 0 Å². The zero-order chi connectivity index (χ0) is 98.7. The van der Waals surface area contributed by atoms with Gasteiger partial charge in [0.05, 0.1) is 21.9 Å². The number of fused-ring (bicyclic) bond motifs is 45. The predicted octanol–water partition coefficient (Wildman–Crippen LogP) is 37.0. The third-order valence-electron chi connectivity index (χ3n) is 31.6. The van der Waals surface area contributed by atoms with E-state index >= 15 is 0 Å². The minimum absolute atomic E-state index is 0.951. The van der Waals surface area contributed by atoms with Gasteiger partial charge in [-0.2, -0.15) is 0 Å². The van der Waals surface area contributed by atoms with Crippen molar-refractivity contribution in [2.24, 2.45) is 56.4 Å². The van der Waals surface area contributed by atoms with Crippen molar-refractivity contribution in [1.82, 2.24) is 41.5 Å². The highest BCUT2D eigenvalue weighted by atomic mass is 32.1. The van der Waals surface area contributed by atoms with Crippen molar-refractivity contribution in [3.63, 3.8) is 0 Å². The molecule has 0 unspecified atom stereocenters. The van der Waals surface area contributed by atoms with E-state index in [0.717, 1.165) is 33.5 Å². The number of aromatic amines is 1. The zero-order valence-electron chi connectivity index (χ0n) is 82.5. The number of thiophene rings is 2. The third kappa shape index (κ3) is 13.1. The van der Waals surface area contributed by atoms with E-state index in [4.69, 9.17) is 13.3 Å². The van der Waals surface area contributed by atoms with E-state index in [9.17, 15) is 0 Å². The van der Waals surface area contributed by atoms with Crippen molar-refractivity contribution in [3.05, 3.63) is 425 Å². The molecule has 706 valence electrons. The second-order valence-corrected chi connectivity index (χ2v) is 41.5. The molecule has 21 aromatic carbocycles. The molecular formula is C134H95N9O3S2. The number of H-pyrrole nitrogens is 1. The number of rotatable bonds is 0. The summed E-state index contributed by atoms with van der Waals surface area (Å²) in [6, 6.07) is 151. The Morgan fingerprint density at radius 2 is 0.480 bits per heavy atom. The molecule has 1 N–H and O–H groups in total. The summed E-state index contributed by atoms with van der Waals surface area (Å²) in [5.41, 5.74) is 28.6. The van der Waals surface area contributed by atoms with E-state index in [2.05, 4.69) is 486 Å². The second kappa shape index (κ2) is 33.6. The molecule has 0 aliphatic carbocycles. The number of furan rings is 3. The molecule has 148 heavy (non-hydrogen) atoms. The van der Waals surface area contributed by atoms with E-state index in [0.29, 0.717) is 0 Å². The molecule has 0 atom stereocenters. The Balaban J connectivity index is 0.0000000814. The van der Waals surface area contributed by atoms with Gasteiger partial charge in [-0.05, 0) is 170 Å². The number of nitrogens with zero attached hydrogens (tertiary/aromatic N) is 8. The first kappa shape index (κ1) is 86.3. The Morgan fingerprint density at radius 1 is 0.149 bits per heavy atom. The standard InChI is InChI=1S/C20H16N2.C19H14N2.3C19H13NO.2C19H13NS/c1-21-17-9-5-3-7-13(17)15-11-16-14-8-4-6-10-18(14)22(2)20(16)12-19(15)21;1-21-18-9-5-3-7-13(18)15-10-17-14(11-19(15)21)12-6-2-4-8-16(12)20-17;1-20-15-8-4-2-7-14(15)18-16(20)11-10-13-12-6-3-5-9-17(12)21-19(13)18;1-20-16-8-4-2-6-12(16)14-11-19-15(10-17(14)20)13-7-3-5-9-18(13)21-19;1-20-14-8-4-2-6-12(14)18-15(20)10-11-17-19(18)13-7-3-5-9-16(13)21-17;1-20-16-8-4-2-6-12(16)14-11-19-15(10-17(14)20)13-7-3-5-9-18(13)21-19;1-20-14-8-4-2-6-12(14)18-15(20)10-11-17-19(18)13-7-3-5-9-16(13)21-17/h3-12H,1-2H3;2-11,20H,1H3;5*2-11H,1H3. The SMILES string of the molecule is Cn1c2ccccc2c2c3c(ccc21)oc1ccccc13.Cn1c2ccccc2c2c3c(ccc21)sc1ccccc13.Cn1c2ccccc2c2c3oc4ccccc4c3ccc21.Cn1c2ccccc2c2cc3[nH]c4ccccc4c3cc21.Cn1c2ccccc2c2cc3c4ccccc4n(C)c3cc21.Cn1c2ccccc2c2cc3oc4ccccc4c3cc21.Cn1c2ccccc2c2cc3sc4ccccc4c3cc21. The van der Waals surface area contributed by atoms with Gasteiger partial charge in [-0.25, -0.2) is 0 Å². The minimum Gasteiger partial charge on any atom is -0.456 e. The summed E-state index contributed by atoms with van der Waals surface area (Å²) in [5, 5.41) is 36.2. The van der Waals surface area contributed by atoms with Gasteiger partial charge in [0.1, 0.15) is 33.5 Å². The molecule has 35 aromatic rings. The van der Waals surface area contributed by atoms with E-state index < -0.39 is 0 Å². The molecule has 14 heteroatoms. The number of aromatic nitrogens is 9. The highest BCUT2D eigenvalue weighted by molar-refractivity contribution is 7.26. The molecule has 0 fully saturated rings. The Morgan fingerprint density at radius 3 is 1.01 bits per heavy atom. The highest BCUT2D eigenvalue weighted by Gasteiger charge is 2.24. The topological polar surface area (TPSA) is 94.7 Å². The number of para-hydroxylation sites is 12. The molecule has 0 aliphatic rings. The van der Waals surface area contributed by atoms with Gasteiger partial charge in [-0.3, -0.25) is 0 Å². The maximum absolute atomic E-state index is 6.17. The lowest BCUT2D eigenvalue weighted by Crippen LogP contribution is -1.89. The van der Waals surface area contributed by atoms with E-state index in [-0.39, 0.29) is 0 Å². The number of hydrogen-bond donors (Lipinski definition) is 1. The maximum atomic E-state index is 6.17. The van der Waals surface area contributed by atoms with Crippen LogP contribution in [-0.2, 0) is 56.4 Å². The summed E-state index contributed by atoms with van der Waals surface area (Å²) in [6.45, 7) is 0. The van der Waals surface area contributed by atoms with E-state index in [1.54, 1.807) is 0 Å². The normalized spacial score (nSPS) is 12.1. The Bertz CT molecular complexity index is 11000. The fraction of sp³-hybridized carbons (Fsp3) is 0.0597. The van der Waals surface area contributed by atoms with E-state index in [1.165, 1.54) is 269 Å². The molecule has 0 radical (unpaired) electrons. The van der Waals surface area contributed by atoms with Crippen molar-refractivity contribution in [2.75, 3.05) is 0 Å². The molecule has 12 nitrogen and oxygen atoms in total. The highest BCUT2D eigenvalue weighted by Crippen LogP contribution is 2.48. The van der Waals surface area contributed by atoms with Crippen LogP contribution in [0.4, 0.5) is 0 Å². The van der Waals surface area contributed by atoms with Crippen LogP contribution in [0.3, 0.4) is 0 Å². The average molecular weight is 1940 g/mol. The van der Waals surface area contributed by atoms with Crippen LogP contribution in [0.25, 0.3) is 302 Å². The van der Waals surface area contributed by atoms with Crippen molar-refractivity contribution in [1.29, 1.82) is 0 Å². The second-order valence-electron chi connectivity index (χ2n) is 39.3. The number of nitrogens with one attached hydrogen (secondary N) is 1. The van der Waals surface area contributed by atoms with Gasteiger partial charge in [0, 0.05) is 303 Å². The lowest BCUT2D eigenvalue weighted by atomic mass is 10.1. The summed E-state index contributed by atoms with van der Waals surface area (Å²) in [4.78, 5) is 3.53. The molecule has 0 saturated carbocycles. The van der Waals surface area contributed by atoms with Crippen LogP contribution in [0.5, 0.6) is 0 Å². The molecule has 14 heterocycles.